The highest BCUT2D eigenvalue weighted by Crippen LogP contribution is 2.40. The molecule has 1 aliphatic heterocycles. The van der Waals surface area contributed by atoms with E-state index in [-0.39, 0.29) is 11.4 Å². The van der Waals surface area contributed by atoms with Crippen LogP contribution in [0, 0.1) is 0 Å². The summed E-state index contributed by atoms with van der Waals surface area (Å²) in [6.07, 6.45) is 0. The number of benzene rings is 4. The summed E-state index contributed by atoms with van der Waals surface area (Å²) in [5, 5.41) is 16.4. The monoisotopic (exact) mass is 556 g/mol. The minimum Gasteiger partial charge on any atom is -0.497 e. The fourth-order valence-corrected chi connectivity index (χ4v) is 5.54. The van der Waals surface area contributed by atoms with Crippen molar-refractivity contribution >= 4 is 11.3 Å². The zero-order valence-electron chi connectivity index (χ0n) is 22.9. The van der Waals surface area contributed by atoms with Crippen molar-refractivity contribution in [2.45, 2.75) is 6.54 Å². The lowest BCUT2D eigenvalue weighted by atomic mass is 10.0. The van der Waals surface area contributed by atoms with Crippen molar-refractivity contribution in [2.24, 2.45) is 0 Å². The minimum atomic E-state index is -0.407. The van der Waals surface area contributed by atoms with Gasteiger partial charge in [0.05, 0.1) is 24.9 Å². The second-order valence-corrected chi connectivity index (χ2v) is 10.2. The lowest BCUT2D eigenvalue weighted by Crippen LogP contribution is -2.32. The van der Waals surface area contributed by atoms with Crippen molar-refractivity contribution in [1.82, 2.24) is 14.6 Å². The third-order valence-electron chi connectivity index (χ3n) is 7.62. The maximum atomic E-state index is 13.7. The lowest BCUT2D eigenvalue weighted by Gasteiger charge is -2.31. The van der Waals surface area contributed by atoms with Gasteiger partial charge < -0.3 is 24.5 Å². The van der Waals surface area contributed by atoms with Crippen molar-refractivity contribution in [3.05, 3.63) is 119 Å². The first kappa shape index (κ1) is 25.5. The first-order valence-corrected chi connectivity index (χ1v) is 13.7. The Labute approximate surface area is 242 Å². The second-order valence-electron chi connectivity index (χ2n) is 10.2. The van der Waals surface area contributed by atoms with E-state index in [9.17, 15) is 9.90 Å². The maximum absolute atomic E-state index is 13.7. The molecule has 0 amide bonds. The van der Waals surface area contributed by atoms with Crippen LogP contribution in [-0.2, 0) is 6.54 Å². The van der Waals surface area contributed by atoms with Gasteiger partial charge in [0.2, 0.25) is 5.88 Å². The molecule has 0 unspecified atom stereocenters. The number of aromatic nitrogens is 3. The molecular formula is C34H28N4O4. The number of hydrogen-bond acceptors (Lipinski definition) is 6. The number of hydrogen-bond donors (Lipinski definition) is 2. The number of nitrogens with zero attached hydrogens (tertiary/aromatic N) is 3. The Kier molecular flexibility index (Phi) is 6.35. The zero-order chi connectivity index (χ0) is 28.6. The summed E-state index contributed by atoms with van der Waals surface area (Å²) >= 11 is 0. The van der Waals surface area contributed by atoms with Gasteiger partial charge in [0.1, 0.15) is 35.0 Å². The van der Waals surface area contributed by atoms with E-state index in [0.29, 0.717) is 36.6 Å². The van der Waals surface area contributed by atoms with E-state index in [1.807, 2.05) is 97.1 Å². The Morgan fingerprint density at radius 2 is 1.60 bits per heavy atom. The number of fused-ring (bicyclic) bond motifs is 2. The second kappa shape index (κ2) is 10.5. The number of H-pyrrole nitrogens is 1. The molecule has 4 aromatic carbocycles. The number of anilines is 1. The number of methoxy groups -OCH3 is 1. The molecule has 7 rings (SSSR count). The van der Waals surface area contributed by atoms with E-state index in [1.54, 1.807) is 13.2 Å². The average molecular weight is 557 g/mol. The molecule has 0 saturated heterocycles. The van der Waals surface area contributed by atoms with E-state index in [1.165, 1.54) is 4.52 Å². The third-order valence-corrected chi connectivity index (χ3v) is 7.62. The van der Waals surface area contributed by atoms with Crippen LogP contribution in [0.15, 0.2) is 108 Å². The smallest absolute Gasteiger partial charge is 0.262 e. The summed E-state index contributed by atoms with van der Waals surface area (Å²) < 4.78 is 12.7. The molecular weight excluding hydrogens is 528 g/mol. The molecule has 6 aromatic rings. The van der Waals surface area contributed by atoms with Gasteiger partial charge in [-0.15, -0.1) is 0 Å². The molecule has 3 heterocycles. The Balaban J connectivity index is 1.35. The molecule has 0 radical (unpaired) electrons. The molecule has 0 aliphatic carbocycles. The Bertz CT molecular complexity index is 1950. The number of aromatic hydroxyl groups is 1. The van der Waals surface area contributed by atoms with Gasteiger partial charge in [0.25, 0.3) is 5.56 Å². The summed E-state index contributed by atoms with van der Waals surface area (Å²) in [6, 6.07) is 33.0. The highest BCUT2D eigenvalue weighted by molar-refractivity contribution is 5.91. The number of aromatic amines is 1. The van der Waals surface area contributed by atoms with Gasteiger partial charge in [-0.05, 0) is 41.0 Å². The Morgan fingerprint density at radius 1 is 0.881 bits per heavy atom. The standard InChI is InChI=1S/C34H28N4O4/c1-41-26-15-12-22(13-16-26)21-37-18-19-42-28-17-14-25(20-27(28)37)30-33(39)35-32-29(23-8-4-2-5-9-23)31(36-38(32)34(30)40)24-10-6-3-7-11-24/h2-17,20,40H,18-19,21H2,1H3,(H,35,39). The first-order chi connectivity index (χ1) is 20.6. The Hall–Kier alpha value is -5.50. The van der Waals surface area contributed by atoms with Crippen molar-refractivity contribution in [1.29, 1.82) is 0 Å². The van der Waals surface area contributed by atoms with E-state index >= 15 is 0 Å². The molecule has 0 fully saturated rings. The lowest BCUT2D eigenvalue weighted by molar-refractivity contribution is 0.307. The van der Waals surface area contributed by atoms with Crippen molar-refractivity contribution in [3.63, 3.8) is 0 Å². The minimum absolute atomic E-state index is 0.141. The summed E-state index contributed by atoms with van der Waals surface area (Å²) in [5.74, 6) is 1.30. The fraction of sp³-hybridized carbons (Fsp3) is 0.118. The SMILES string of the molecule is COc1ccc(CN2CCOc3ccc(-c4c(O)n5nc(-c6ccccc6)c(-c6ccccc6)c5[nH]c4=O)cc32)cc1. The van der Waals surface area contributed by atoms with Crippen LogP contribution in [-0.4, -0.2) is 40.0 Å². The normalized spacial score (nSPS) is 12.6. The average Bonchev–Trinajstić information content (AvgIpc) is 3.42. The van der Waals surface area contributed by atoms with Crippen LogP contribution in [0.2, 0.25) is 0 Å². The number of ether oxygens (including phenoxy) is 2. The van der Waals surface area contributed by atoms with Crippen molar-refractivity contribution in [2.75, 3.05) is 25.2 Å². The summed E-state index contributed by atoms with van der Waals surface area (Å²) in [4.78, 5) is 18.9. The fourth-order valence-electron chi connectivity index (χ4n) is 5.54. The molecule has 8 nitrogen and oxygen atoms in total. The van der Waals surface area contributed by atoms with Crippen molar-refractivity contribution in [3.8, 4) is 50.9 Å². The molecule has 2 aromatic heterocycles. The molecule has 8 heteroatoms. The highest BCUT2D eigenvalue weighted by Gasteiger charge is 2.25. The molecule has 208 valence electrons. The van der Waals surface area contributed by atoms with Crippen LogP contribution in [0.5, 0.6) is 17.4 Å². The molecule has 0 saturated carbocycles. The van der Waals surface area contributed by atoms with Gasteiger partial charge in [0.15, 0.2) is 0 Å². The van der Waals surface area contributed by atoms with Gasteiger partial charge >= 0.3 is 0 Å². The Morgan fingerprint density at radius 3 is 2.31 bits per heavy atom. The van der Waals surface area contributed by atoms with Gasteiger partial charge in [-0.1, -0.05) is 78.9 Å². The number of nitrogens with one attached hydrogen (secondary N) is 1. The van der Waals surface area contributed by atoms with Gasteiger partial charge in [-0.25, -0.2) is 0 Å². The van der Waals surface area contributed by atoms with Gasteiger partial charge in [-0.3, -0.25) is 4.79 Å². The van der Waals surface area contributed by atoms with E-state index < -0.39 is 5.56 Å². The van der Waals surface area contributed by atoms with Crippen LogP contribution in [0.4, 0.5) is 5.69 Å². The summed E-state index contributed by atoms with van der Waals surface area (Å²) in [5.41, 5.74) is 5.86. The van der Waals surface area contributed by atoms with E-state index in [0.717, 1.165) is 39.4 Å². The molecule has 2 N–H and O–H groups in total. The van der Waals surface area contributed by atoms with Gasteiger partial charge in [0, 0.05) is 12.1 Å². The van der Waals surface area contributed by atoms with Crippen LogP contribution in [0.1, 0.15) is 5.56 Å². The molecule has 1 aliphatic rings. The molecule has 42 heavy (non-hydrogen) atoms. The molecule has 0 atom stereocenters. The molecule has 0 spiro atoms. The van der Waals surface area contributed by atoms with Crippen molar-refractivity contribution < 1.29 is 14.6 Å². The van der Waals surface area contributed by atoms with Crippen LogP contribution in [0.25, 0.3) is 39.2 Å². The summed E-state index contributed by atoms with van der Waals surface area (Å²) in [7, 11) is 1.65. The predicted molar refractivity (Wildman–Crippen MR) is 163 cm³/mol. The maximum Gasteiger partial charge on any atom is 0.262 e. The molecule has 0 bridgehead atoms. The highest BCUT2D eigenvalue weighted by atomic mass is 16.5. The van der Waals surface area contributed by atoms with Gasteiger partial charge in [-0.2, -0.15) is 9.61 Å². The van der Waals surface area contributed by atoms with E-state index in [2.05, 4.69) is 9.88 Å². The zero-order valence-corrected chi connectivity index (χ0v) is 22.9. The van der Waals surface area contributed by atoms with E-state index in [4.69, 9.17) is 14.6 Å². The predicted octanol–water partition coefficient (Wildman–Crippen LogP) is 6.14. The third kappa shape index (κ3) is 4.43. The van der Waals surface area contributed by atoms with Crippen LogP contribution < -0.4 is 19.9 Å². The topological polar surface area (TPSA) is 92.1 Å². The first-order valence-electron chi connectivity index (χ1n) is 13.7. The van der Waals surface area contributed by atoms with Crippen LogP contribution >= 0.6 is 0 Å². The number of rotatable bonds is 6. The summed E-state index contributed by atoms with van der Waals surface area (Å²) in [6.45, 7) is 1.90. The quantitative estimate of drug-likeness (QED) is 0.256. The van der Waals surface area contributed by atoms with Crippen LogP contribution in [0.3, 0.4) is 0 Å². The largest absolute Gasteiger partial charge is 0.497 e.